The van der Waals surface area contributed by atoms with Crippen LogP contribution in [0.25, 0.3) is 11.0 Å². The van der Waals surface area contributed by atoms with Gasteiger partial charge in [-0.1, -0.05) is 0 Å². The number of aryl methyl sites for hydroxylation is 2. The highest BCUT2D eigenvalue weighted by Gasteiger charge is 2.22. The van der Waals surface area contributed by atoms with E-state index in [0.29, 0.717) is 12.5 Å². The van der Waals surface area contributed by atoms with Crippen molar-refractivity contribution in [3.8, 4) is 0 Å². The predicted octanol–water partition coefficient (Wildman–Crippen LogP) is 2.86. The maximum absolute atomic E-state index is 9.18. The summed E-state index contributed by atoms with van der Waals surface area (Å²) in [6.45, 7) is 7.43. The van der Waals surface area contributed by atoms with Crippen LogP contribution in [0.1, 0.15) is 23.3 Å². The molecule has 1 aromatic carbocycles. The van der Waals surface area contributed by atoms with Gasteiger partial charge in [-0.05, 0) is 62.1 Å². The molecule has 1 unspecified atom stereocenters. The molecule has 19 heavy (non-hydrogen) atoms. The topological polar surface area (TPSA) is 36.6 Å². The second-order valence-corrected chi connectivity index (χ2v) is 5.76. The number of nitrogens with zero attached hydrogens (tertiary/aromatic N) is 1. The number of aliphatic hydroxyl groups excluding tert-OH is 1. The Morgan fingerprint density at radius 2 is 2.05 bits per heavy atom. The van der Waals surface area contributed by atoms with Crippen molar-refractivity contribution in [2.45, 2.75) is 26.8 Å². The van der Waals surface area contributed by atoms with Crippen LogP contribution in [0.4, 0.5) is 0 Å². The predicted molar refractivity (Wildman–Crippen MR) is 76.2 cm³/mol. The van der Waals surface area contributed by atoms with Crippen LogP contribution >= 0.6 is 0 Å². The third-order valence-electron chi connectivity index (χ3n) is 4.19. The van der Waals surface area contributed by atoms with Gasteiger partial charge in [-0.2, -0.15) is 0 Å². The highest BCUT2D eigenvalue weighted by Crippen LogP contribution is 2.25. The minimum Gasteiger partial charge on any atom is -0.460 e. The van der Waals surface area contributed by atoms with Crippen molar-refractivity contribution in [2.75, 3.05) is 19.7 Å². The van der Waals surface area contributed by atoms with E-state index in [0.717, 1.165) is 37.4 Å². The highest BCUT2D eigenvalue weighted by molar-refractivity contribution is 5.79. The molecule has 0 aliphatic carbocycles. The molecule has 1 atom stereocenters. The van der Waals surface area contributed by atoms with Gasteiger partial charge in [0.1, 0.15) is 11.3 Å². The fourth-order valence-electron chi connectivity index (χ4n) is 2.86. The summed E-state index contributed by atoms with van der Waals surface area (Å²) in [5, 5.41) is 10.4. The summed E-state index contributed by atoms with van der Waals surface area (Å²) in [5.41, 5.74) is 3.56. The van der Waals surface area contributed by atoms with Crippen molar-refractivity contribution in [2.24, 2.45) is 5.92 Å². The Bertz CT molecular complexity index is 549. The molecule has 1 aliphatic heterocycles. The van der Waals surface area contributed by atoms with Crippen molar-refractivity contribution >= 4 is 11.0 Å². The molecule has 0 bridgehead atoms. The Labute approximate surface area is 113 Å². The first kappa shape index (κ1) is 12.7. The highest BCUT2D eigenvalue weighted by atomic mass is 16.3. The SMILES string of the molecule is Cc1cc2cc(CN3CCC(CO)C3)oc2cc1C. The number of fused-ring (bicyclic) bond motifs is 1. The van der Waals surface area contributed by atoms with Gasteiger partial charge in [0.2, 0.25) is 0 Å². The summed E-state index contributed by atoms with van der Waals surface area (Å²) in [7, 11) is 0. The van der Waals surface area contributed by atoms with E-state index in [-0.39, 0.29) is 0 Å². The lowest BCUT2D eigenvalue weighted by Gasteiger charge is -2.13. The molecule has 3 nitrogen and oxygen atoms in total. The van der Waals surface area contributed by atoms with Gasteiger partial charge in [0, 0.05) is 18.5 Å². The number of aliphatic hydroxyl groups is 1. The van der Waals surface area contributed by atoms with Crippen LogP contribution in [0, 0.1) is 19.8 Å². The average molecular weight is 259 g/mol. The van der Waals surface area contributed by atoms with Crippen LogP contribution in [-0.4, -0.2) is 29.7 Å². The first-order valence-corrected chi connectivity index (χ1v) is 6.98. The monoisotopic (exact) mass is 259 g/mol. The largest absolute Gasteiger partial charge is 0.460 e. The van der Waals surface area contributed by atoms with E-state index in [1.165, 1.54) is 16.5 Å². The van der Waals surface area contributed by atoms with Gasteiger partial charge in [-0.25, -0.2) is 0 Å². The molecule has 1 saturated heterocycles. The molecule has 0 saturated carbocycles. The van der Waals surface area contributed by atoms with Crippen LogP contribution in [0.3, 0.4) is 0 Å². The number of furan rings is 1. The Morgan fingerprint density at radius 3 is 2.79 bits per heavy atom. The Hall–Kier alpha value is -1.32. The minimum atomic E-state index is 0.301. The lowest BCUT2D eigenvalue weighted by Crippen LogP contribution is -2.20. The lowest BCUT2D eigenvalue weighted by molar-refractivity contribution is 0.216. The zero-order valence-electron chi connectivity index (χ0n) is 11.6. The number of benzene rings is 1. The lowest BCUT2D eigenvalue weighted by atomic mass is 10.1. The second kappa shape index (κ2) is 4.99. The van der Waals surface area contributed by atoms with Crippen molar-refractivity contribution in [3.63, 3.8) is 0 Å². The van der Waals surface area contributed by atoms with Gasteiger partial charge in [-0.3, -0.25) is 4.90 Å². The first-order valence-electron chi connectivity index (χ1n) is 6.98. The van der Waals surface area contributed by atoms with Gasteiger partial charge in [0.05, 0.1) is 6.54 Å². The summed E-state index contributed by atoms with van der Waals surface area (Å²) in [6.07, 6.45) is 1.09. The second-order valence-electron chi connectivity index (χ2n) is 5.76. The summed E-state index contributed by atoms with van der Waals surface area (Å²) >= 11 is 0. The van der Waals surface area contributed by atoms with E-state index < -0.39 is 0 Å². The van der Waals surface area contributed by atoms with Crippen molar-refractivity contribution in [1.29, 1.82) is 0 Å². The molecular formula is C16H21NO2. The Kier molecular flexibility index (Phi) is 3.33. The average Bonchev–Trinajstić information content (AvgIpc) is 2.97. The van der Waals surface area contributed by atoms with Gasteiger partial charge in [-0.15, -0.1) is 0 Å². The maximum atomic E-state index is 9.18. The van der Waals surface area contributed by atoms with E-state index in [4.69, 9.17) is 4.42 Å². The summed E-state index contributed by atoms with van der Waals surface area (Å²) < 4.78 is 5.93. The molecule has 3 heteroatoms. The zero-order valence-corrected chi connectivity index (χ0v) is 11.6. The fraction of sp³-hybridized carbons (Fsp3) is 0.500. The fourth-order valence-corrected chi connectivity index (χ4v) is 2.86. The molecule has 0 amide bonds. The third-order valence-corrected chi connectivity index (χ3v) is 4.19. The minimum absolute atomic E-state index is 0.301. The molecule has 0 spiro atoms. The Balaban J connectivity index is 1.78. The van der Waals surface area contributed by atoms with Crippen LogP contribution in [-0.2, 0) is 6.54 Å². The van der Waals surface area contributed by atoms with Crippen LogP contribution in [0.15, 0.2) is 22.6 Å². The van der Waals surface area contributed by atoms with Gasteiger partial charge >= 0.3 is 0 Å². The normalized spacial score (nSPS) is 20.5. The Morgan fingerprint density at radius 1 is 1.26 bits per heavy atom. The van der Waals surface area contributed by atoms with Gasteiger partial charge < -0.3 is 9.52 Å². The zero-order chi connectivity index (χ0) is 13.4. The number of rotatable bonds is 3. The molecule has 2 heterocycles. The van der Waals surface area contributed by atoms with Gasteiger partial charge in [0.25, 0.3) is 0 Å². The summed E-state index contributed by atoms with van der Waals surface area (Å²) in [4.78, 5) is 2.36. The first-order chi connectivity index (χ1) is 9.15. The third kappa shape index (κ3) is 2.53. The van der Waals surface area contributed by atoms with Crippen molar-refractivity contribution in [3.05, 3.63) is 35.1 Å². The number of hydrogen-bond acceptors (Lipinski definition) is 3. The molecule has 0 radical (unpaired) electrons. The van der Waals surface area contributed by atoms with E-state index in [1.54, 1.807) is 0 Å². The molecule has 3 rings (SSSR count). The summed E-state index contributed by atoms with van der Waals surface area (Å²) in [5.74, 6) is 1.47. The molecule has 1 aliphatic rings. The van der Waals surface area contributed by atoms with Crippen LogP contribution in [0.2, 0.25) is 0 Å². The van der Waals surface area contributed by atoms with Crippen molar-refractivity contribution in [1.82, 2.24) is 4.90 Å². The summed E-state index contributed by atoms with van der Waals surface area (Å²) in [6, 6.07) is 6.46. The molecule has 1 N–H and O–H groups in total. The van der Waals surface area contributed by atoms with Crippen LogP contribution < -0.4 is 0 Å². The smallest absolute Gasteiger partial charge is 0.134 e. The van der Waals surface area contributed by atoms with Crippen LogP contribution in [0.5, 0.6) is 0 Å². The number of hydrogen-bond donors (Lipinski definition) is 1. The van der Waals surface area contributed by atoms with Gasteiger partial charge in [0.15, 0.2) is 0 Å². The molecule has 1 aromatic heterocycles. The number of likely N-dealkylation sites (tertiary alicyclic amines) is 1. The molecule has 1 fully saturated rings. The molecule has 102 valence electrons. The quantitative estimate of drug-likeness (QED) is 0.921. The molecular weight excluding hydrogens is 238 g/mol. The standard InChI is InChI=1S/C16H21NO2/c1-11-5-14-7-15(19-16(14)6-12(11)2)9-17-4-3-13(8-17)10-18/h5-7,13,18H,3-4,8-10H2,1-2H3. The maximum Gasteiger partial charge on any atom is 0.134 e. The van der Waals surface area contributed by atoms with E-state index in [2.05, 4.69) is 36.9 Å². The van der Waals surface area contributed by atoms with E-state index >= 15 is 0 Å². The van der Waals surface area contributed by atoms with E-state index in [1.807, 2.05) is 0 Å². The van der Waals surface area contributed by atoms with Crippen molar-refractivity contribution < 1.29 is 9.52 Å². The van der Waals surface area contributed by atoms with E-state index in [9.17, 15) is 5.11 Å². The molecule has 2 aromatic rings.